The van der Waals surface area contributed by atoms with Crippen LogP contribution in [0.1, 0.15) is 49.7 Å². The van der Waals surface area contributed by atoms with Crippen LogP contribution < -0.4 is 10.2 Å². The predicted molar refractivity (Wildman–Crippen MR) is 113 cm³/mol. The minimum atomic E-state index is -0.485. The maximum atomic E-state index is 13.6. The molecule has 1 atom stereocenters. The van der Waals surface area contributed by atoms with Gasteiger partial charge in [0.25, 0.3) is 5.91 Å². The Labute approximate surface area is 177 Å². The molecule has 30 heavy (non-hydrogen) atoms. The highest BCUT2D eigenvalue weighted by atomic mass is 19.1. The molecular weight excluding hydrogens is 387 g/mol. The number of carbonyl (C=O) groups excluding carboxylic acids is 2. The van der Waals surface area contributed by atoms with Crippen molar-refractivity contribution in [3.05, 3.63) is 47.5 Å². The second-order valence-electron chi connectivity index (χ2n) is 7.51. The van der Waals surface area contributed by atoms with E-state index in [0.717, 1.165) is 32.5 Å². The molecule has 0 bridgehead atoms. The van der Waals surface area contributed by atoms with Gasteiger partial charge in [-0.05, 0) is 58.7 Å². The van der Waals surface area contributed by atoms with Gasteiger partial charge in [0.2, 0.25) is 5.91 Å². The molecule has 0 saturated heterocycles. The number of aromatic nitrogens is 1. The molecule has 0 saturated carbocycles. The summed E-state index contributed by atoms with van der Waals surface area (Å²) < 4.78 is 18.6. The second kappa shape index (κ2) is 11.4. The Kier molecular flexibility index (Phi) is 8.98. The highest BCUT2D eigenvalue weighted by Crippen LogP contribution is 2.14. The molecule has 7 nitrogen and oxygen atoms in total. The molecule has 1 aromatic heterocycles. The zero-order valence-corrected chi connectivity index (χ0v) is 18.2. The summed E-state index contributed by atoms with van der Waals surface area (Å²) in [6.07, 6.45) is 1.68. The number of aryl methyl sites for hydroxylation is 1. The van der Waals surface area contributed by atoms with Crippen molar-refractivity contribution in [2.75, 3.05) is 31.5 Å². The minimum absolute atomic E-state index is 0.152. The van der Waals surface area contributed by atoms with Crippen LogP contribution in [0.25, 0.3) is 0 Å². The summed E-state index contributed by atoms with van der Waals surface area (Å²) in [6, 6.07) is 6.96. The van der Waals surface area contributed by atoms with Crippen LogP contribution in [0, 0.1) is 12.7 Å². The summed E-state index contributed by atoms with van der Waals surface area (Å²) in [5.41, 5.74) is 0.223. The van der Waals surface area contributed by atoms with Crippen molar-refractivity contribution in [2.24, 2.45) is 0 Å². The van der Waals surface area contributed by atoms with Gasteiger partial charge in [-0.15, -0.1) is 0 Å². The zero-order valence-electron chi connectivity index (χ0n) is 18.2. The van der Waals surface area contributed by atoms with Gasteiger partial charge in [0, 0.05) is 17.7 Å². The number of halogens is 1. The van der Waals surface area contributed by atoms with Crippen LogP contribution in [0.2, 0.25) is 0 Å². The molecule has 0 unspecified atom stereocenters. The van der Waals surface area contributed by atoms with Crippen LogP contribution in [0.5, 0.6) is 0 Å². The largest absolute Gasteiger partial charge is 0.360 e. The Balaban J connectivity index is 2.10. The van der Waals surface area contributed by atoms with E-state index in [9.17, 15) is 14.0 Å². The molecule has 0 aliphatic rings. The number of quaternary nitrogens is 1. The van der Waals surface area contributed by atoms with E-state index in [2.05, 4.69) is 24.3 Å². The van der Waals surface area contributed by atoms with Crippen LogP contribution in [0.3, 0.4) is 0 Å². The number of nitrogens with zero attached hydrogens (tertiary/aromatic N) is 2. The molecule has 0 spiro atoms. The summed E-state index contributed by atoms with van der Waals surface area (Å²) in [5, 5.41) is 6.39. The predicted octanol–water partition coefficient (Wildman–Crippen LogP) is 2.30. The summed E-state index contributed by atoms with van der Waals surface area (Å²) in [7, 11) is 0. The maximum absolute atomic E-state index is 13.6. The number of rotatable bonds is 11. The first-order valence-corrected chi connectivity index (χ1v) is 10.5. The van der Waals surface area contributed by atoms with Crippen molar-refractivity contribution in [1.29, 1.82) is 0 Å². The number of benzene rings is 1. The van der Waals surface area contributed by atoms with Crippen molar-refractivity contribution in [3.8, 4) is 0 Å². The fourth-order valence-corrected chi connectivity index (χ4v) is 3.38. The van der Waals surface area contributed by atoms with E-state index in [-0.39, 0.29) is 30.0 Å². The first-order valence-electron chi connectivity index (χ1n) is 10.5. The van der Waals surface area contributed by atoms with Gasteiger partial charge in [-0.25, -0.2) is 4.39 Å². The van der Waals surface area contributed by atoms with Gasteiger partial charge in [-0.1, -0.05) is 11.2 Å². The molecule has 2 rings (SSSR count). The lowest BCUT2D eigenvalue weighted by Gasteiger charge is -2.29. The Hall–Kier alpha value is -2.74. The maximum Gasteiger partial charge on any atom is 0.254 e. The fraction of sp³-hybridized carbons (Fsp3) is 0.500. The average Bonchev–Trinajstić information content (AvgIpc) is 3.13. The smallest absolute Gasteiger partial charge is 0.254 e. The number of carbonyl (C=O) groups is 2. The molecule has 0 fully saturated rings. The molecule has 2 amide bonds. The van der Waals surface area contributed by atoms with E-state index in [1.54, 1.807) is 19.1 Å². The van der Waals surface area contributed by atoms with Crippen molar-refractivity contribution >= 4 is 17.6 Å². The highest BCUT2D eigenvalue weighted by molar-refractivity contribution is 5.99. The van der Waals surface area contributed by atoms with Crippen molar-refractivity contribution in [2.45, 2.75) is 46.6 Å². The second-order valence-corrected chi connectivity index (χ2v) is 7.51. The summed E-state index contributed by atoms with van der Waals surface area (Å²) in [4.78, 5) is 28.6. The number of nitrogens with one attached hydrogen (secondary N) is 2. The van der Waals surface area contributed by atoms with Gasteiger partial charge in [0.1, 0.15) is 18.1 Å². The molecule has 0 radical (unpaired) electrons. The lowest BCUT2D eigenvalue weighted by atomic mass is 10.1. The molecule has 8 heteroatoms. The zero-order chi connectivity index (χ0) is 22.1. The molecule has 164 valence electrons. The third kappa shape index (κ3) is 6.95. The van der Waals surface area contributed by atoms with Crippen LogP contribution in [-0.2, 0) is 4.79 Å². The Morgan fingerprint density at radius 3 is 2.60 bits per heavy atom. The van der Waals surface area contributed by atoms with Crippen LogP contribution in [-0.4, -0.2) is 54.1 Å². The standard InChI is InChI=1S/C22H31FN4O3/c1-5-26(6-2)12-8-9-16(3)27(22(29)18-10-7-11-19(23)14-18)15-21(28)24-20-13-17(4)30-25-20/h7,10-11,13-14,16H,5-6,8-9,12,15H2,1-4H3,(H,24,25,28)/p+1/t16-/m1/s1. The van der Waals surface area contributed by atoms with Gasteiger partial charge >= 0.3 is 0 Å². The van der Waals surface area contributed by atoms with Crippen LogP contribution >= 0.6 is 0 Å². The fourth-order valence-electron chi connectivity index (χ4n) is 3.38. The molecule has 0 aliphatic heterocycles. The Morgan fingerprint density at radius 1 is 1.27 bits per heavy atom. The lowest BCUT2D eigenvalue weighted by Crippen LogP contribution is -3.11. The Morgan fingerprint density at radius 2 is 2.00 bits per heavy atom. The SMILES string of the molecule is CC[NH+](CC)CCC[C@@H](C)N(CC(=O)Nc1cc(C)on1)C(=O)c1cccc(F)c1. The van der Waals surface area contributed by atoms with E-state index in [1.165, 1.54) is 28.0 Å². The minimum Gasteiger partial charge on any atom is -0.360 e. The van der Waals surface area contributed by atoms with Gasteiger partial charge < -0.3 is 19.6 Å². The summed E-state index contributed by atoms with van der Waals surface area (Å²) in [6.45, 7) is 10.9. The van der Waals surface area contributed by atoms with Crippen molar-refractivity contribution in [1.82, 2.24) is 10.1 Å². The highest BCUT2D eigenvalue weighted by Gasteiger charge is 2.25. The third-order valence-electron chi connectivity index (χ3n) is 5.23. The molecule has 2 N–H and O–H groups in total. The lowest BCUT2D eigenvalue weighted by molar-refractivity contribution is -0.896. The van der Waals surface area contributed by atoms with E-state index in [0.29, 0.717) is 11.6 Å². The number of hydrogen-bond donors (Lipinski definition) is 2. The first kappa shape index (κ1) is 23.5. The van der Waals surface area contributed by atoms with Crippen LogP contribution in [0.4, 0.5) is 10.2 Å². The molecule has 1 aromatic carbocycles. The molecular formula is C22H32FN4O3+. The number of amides is 2. The number of hydrogen-bond acceptors (Lipinski definition) is 4. The Bertz CT molecular complexity index is 835. The number of anilines is 1. The van der Waals surface area contributed by atoms with Crippen molar-refractivity contribution < 1.29 is 23.4 Å². The third-order valence-corrected chi connectivity index (χ3v) is 5.23. The van der Waals surface area contributed by atoms with E-state index in [1.807, 2.05) is 6.92 Å². The first-order chi connectivity index (χ1) is 14.3. The van der Waals surface area contributed by atoms with Gasteiger partial charge in [-0.2, -0.15) is 0 Å². The van der Waals surface area contributed by atoms with Gasteiger partial charge in [-0.3, -0.25) is 9.59 Å². The topological polar surface area (TPSA) is 79.9 Å². The summed E-state index contributed by atoms with van der Waals surface area (Å²) >= 11 is 0. The van der Waals surface area contributed by atoms with Gasteiger partial charge in [0.05, 0.1) is 19.6 Å². The molecule has 0 aliphatic carbocycles. The van der Waals surface area contributed by atoms with E-state index < -0.39 is 5.82 Å². The molecule has 2 aromatic rings. The van der Waals surface area contributed by atoms with E-state index >= 15 is 0 Å². The average molecular weight is 420 g/mol. The van der Waals surface area contributed by atoms with Crippen LogP contribution in [0.15, 0.2) is 34.9 Å². The van der Waals surface area contributed by atoms with Gasteiger partial charge in [0.15, 0.2) is 5.82 Å². The van der Waals surface area contributed by atoms with E-state index in [4.69, 9.17) is 4.52 Å². The quantitative estimate of drug-likeness (QED) is 0.586. The normalized spacial score (nSPS) is 12.1. The summed E-state index contributed by atoms with van der Waals surface area (Å²) in [5.74, 6) is -0.363. The molecule has 1 heterocycles. The van der Waals surface area contributed by atoms with Crippen molar-refractivity contribution in [3.63, 3.8) is 0 Å². The monoisotopic (exact) mass is 419 g/mol.